The molecule has 0 heterocycles. The maximum absolute atomic E-state index is 12.2. The Bertz CT molecular complexity index is 913. The Morgan fingerprint density at radius 3 is 2.56 bits per heavy atom. The molecule has 0 saturated carbocycles. The molecule has 0 unspecified atom stereocenters. The van der Waals surface area contributed by atoms with Gasteiger partial charge in [0.05, 0.1) is 6.54 Å². The molecular formula is C22H21ClN2O2. The van der Waals surface area contributed by atoms with E-state index in [9.17, 15) is 4.79 Å². The van der Waals surface area contributed by atoms with Crippen molar-refractivity contribution in [3.05, 3.63) is 88.9 Å². The van der Waals surface area contributed by atoms with Crippen molar-refractivity contribution in [1.29, 1.82) is 0 Å². The number of rotatable bonds is 7. The van der Waals surface area contributed by atoms with Gasteiger partial charge in [0, 0.05) is 22.5 Å². The number of hydrogen-bond acceptors (Lipinski definition) is 3. The van der Waals surface area contributed by atoms with Crippen LogP contribution in [0.15, 0.2) is 72.8 Å². The fourth-order valence-electron chi connectivity index (χ4n) is 2.49. The van der Waals surface area contributed by atoms with Crippen LogP contribution in [-0.2, 0) is 11.4 Å². The second kappa shape index (κ2) is 9.10. The summed E-state index contributed by atoms with van der Waals surface area (Å²) in [5.41, 5.74) is 3.59. The molecule has 0 aromatic heterocycles. The van der Waals surface area contributed by atoms with Gasteiger partial charge in [-0.15, -0.1) is 0 Å². The standard InChI is InChI=1S/C22H21ClN2O2/c1-16-10-11-18(13-21(16)23)24-14-22(26)25-19-8-5-9-20(12-19)27-15-17-6-3-2-4-7-17/h2-13,24H,14-15H2,1H3,(H,25,26). The summed E-state index contributed by atoms with van der Waals surface area (Å²) in [6.07, 6.45) is 0. The summed E-state index contributed by atoms with van der Waals surface area (Å²) in [4.78, 5) is 12.2. The molecule has 0 aliphatic carbocycles. The van der Waals surface area contributed by atoms with Crippen LogP contribution in [0.5, 0.6) is 5.75 Å². The van der Waals surface area contributed by atoms with Crippen LogP contribution in [0.2, 0.25) is 5.02 Å². The van der Waals surface area contributed by atoms with Crippen LogP contribution < -0.4 is 15.4 Å². The van der Waals surface area contributed by atoms with Gasteiger partial charge in [-0.1, -0.05) is 54.1 Å². The number of ether oxygens (including phenoxy) is 1. The van der Waals surface area contributed by atoms with Crippen molar-refractivity contribution in [2.24, 2.45) is 0 Å². The maximum atomic E-state index is 12.2. The minimum Gasteiger partial charge on any atom is -0.489 e. The highest BCUT2D eigenvalue weighted by molar-refractivity contribution is 6.31. The summed E-state index contributed by atoms with van der Waals surface area (Å²) >= 11 is 6.10. The number of hydrogen-bond donors (Lipinski definition) is 2. The minimum absolute atomic E-state index is 0.146. The Morgan fingerprint density at radius 1 is 0.963 bits per heavy atom. The number of aryl methyl sites for hydroxylation is 1. The molecule has 27 heavy (non-hydrogen) atoms. The lowest BCUT2D eigenvalue weighted by atomic mass is 10.2. The predicted octanol–water partition coefficient (Wildman–Crippen LogP) is 5.28. The van der Waals surface area contributed by atoms with Gasteiger partial charge in [0.25, 0.3) is 0 Å². The SMILES string of the molecule is Cc1ccc(NCC(=O)Nc2cccc(OCc3ccccc3)c2)cc1Cl. The predicted molar refractivity (Wildman–Crippen MR) is 111 cm³/mol. The van der Waals surface area contributed by atoms with Crippen molar-refractivity contribution < 1.29 is 9.53 Å². The number of anilines is 2. The maximum Gasteiger partial charge on any atom is 0.243 e. The average molecular weight is 381 g/mol. The van der Waals surface area contributed by atoms with E-state index in [1.54, 1.807) is 0 Å². The normalized spacial score (nSPS) is 10.3. The number of carbonyl (C=O) groups excluding carboxylic acids is 1. The number of amides is 1. The van der Waals surface area contributed by atoms with Crippen LogP contribution in [0.25, 0.3) is 0 Å². The number of carbonyl (C=O) groups is 1. The topological polar surface area (TPSA) is 50.4 Å². The van der Waals surface area contributed by atoms with Crippen molar-refractivity contribution in [2.75, 3.05) is 17.2 Å². The van der Waals surface area contributed by atoms with E-state index < -0.39 is 0 Å². The molecule has 2 N–H and O–H groups in total. The molecule has 0 aliphatic heterocycles. The molecule has 0 bridgehead atoms. The van der Waals surface area contributed by atoms with E-state index in [-0.39, 0.29) is 12.5 Å². The quantitative estimate of drug-likeness (QED) is 0.586. The zero-order chi connectivity index (χ0) is 19.1. The average Bonchev–Trinajstić information content (AvgIpc) is 2.68. The van der Waals surface area contributed by atoms with Gasteiger partial charge in [0.2, 0.25) is 5.91 Å². The summed E-state index contributed by atoms with van der Waals surface area (Å²) in [6, 6.07) is 22.9. The third-order valence-corrected chi connectivity index (χ3v) is 4.40. The first-order valence-corrected chi connectivity index (χ1v) is 9.04. The minimum atomic E-state index is -0.146. The summed E-state index contributed by atoms with van der Waals surface area (Å²) in [5, 5.41) is 6.60. The Labute approximate surface area is 164 Å². The van der Waals surface area contributed by atoms with Gasteiger partial charge in [0.15, 0.2) is 0 Å². The molecule has 4 nitrogen and oxygen atoms in total. The molecule has 3 rings (SSSR count). The highest BCUT2D eigenvalue weighted by Gasteiger charge is 2.05. The van der Waals surface area contributed by atoms with E-state index in [1.165, 1.54) is 0 Å². The highest BCUT2D eigenvalue weighted by atomic mass is 35.5. The van der Waals surface area contributed by atoms with E-state index in [2.05, 4.69) is 10.6 Å². The fourth-order valence-corrected chi connectivity index (χ4v) is 2.68. The third-order valence-electron chi connectivity index (χ3n) is 3.99. The molecule has 0 fully saturated rings. The first kappa shape index (κ1) is 18.8. The van der Waals surface area contributed by atoms with Crippen LogP contribution >= 0.6 is 11.6 Å². The Morgan fingerprint density at radius 2 is 1.78 bits per heavy atom. The summed E-state index contributed by atoms with van der Waals surface area (Å²) < 4.78 is 5.79. The largest absolute Gasteiger partial charge is 0.489 e. The summed E-state index contributed by atoms with van der Waals surface area (Å²) in [7, 11) is 0. The molecule has 0 atom stereocenters. The Hall–Kier alpha value is -2.98. The van der Waals surface area contributed by atoms with E-state index >= 15 is 0 Å². The zero-order valence-electron chi connectivity index (χ0n) is 15.0. The molecule has 0 radical (unpaired) electrons. The molecule has 3 aromatic carbocycles. The van der Waals surface area contributed by atoms with Crippen LogP contribution in [0.4, 0.5) is 11.4 Å². The monoisotopic (exact) mass is 380 g/mol. The van der Waals surface area contributed by atoms with E-state index in [0.29, 0.717) is 23.1 Å². The van der Waals surface area contributed by atoms with Gasteiger partial charge in [-0.2, -0.15) is 0 Å². The summed E-state index contributed by atoms with van der Waals surface area (Å²) in [5.74, 6) is 0.557. The number of nitrogens with one attached hydrogen (secondary N) is 2. The second-order valence-electron chi connectivity index (χ2n) is 6.17. The molecule has 0 saturated heterocycles. The van der Waals surface area contributed by atoms with Crippen LogP contribution in [0, 0.1) is 6.92 Å². The van der Waals surface area contributed by atoms with Crippen molar-refractivity contribution in [3.8, 4) is 5.75 Å². The van der Waals surface area contributed by atoms with Gasteiger partial charge in [-0.3, -0.25) is 4.79 Å². The van der Waals surface area contributed by atoms with E-state index in [0.717, 1.165) is 16.8 Å². The molecule has 138 valence electrons. The Balaban J connectivity index is 1.52. The molecule has 0 spiro atoms. The lowest BCUT2D eigenvalue weighted by molar-refractivity contribution is -0.114. The lowest BCUT2D eigenvalue weighted by Gasteiger charge is -2.11. The second-order valence-corrected chi connectivity index (χ2v) is 6.57. The molecule has 5 heteroatoms. The van der Waals surface area contributed by atoms with Gasteiger partial charge in [0.1, 0.15) is 12.4 Å². The third kappa shape index (κ3) is 5.76. The van der Waals surface area contributed by atoms with Gasteiger partial charge < -0.3 is 15.4 Å². The molecule has 3 aromatic rings. The van der Waals surface area contributed by atoms with E-state index in [4.69, 9.17) is 16.3 Å². The molecular weight excluding hydrogens is 360 g/mol. The van der Waals surface area contributed by atoms with Gasteiger partial charge >= 0.3 is 0 Å². The summed E-state index contributed by atoms with van der Waals surface area (Å²) in [6.45, 7) is 2.56. The number of benzene rings is 3. The van der Waals surface area contributed by atoms with Gasteiger partial charge in [-0.05, 0) is 42.3 Å². The Kier molecular flexibility index (Phi) is 6.34. The lowest BCUT2D eigenvalue weighted by Crippen LogP contribution is -2.21. The van der Waals surface area contributed by atoms with Crippen molar-refractivity contribution in [1.82, 2.24) is 0 Å². The highest BCUT2D eigenvalue weighted by Crippen LogP contribution is 2.20. The van der Waals surface area contributed by atoms with E-state index in [1.807, 2.05) is 79.7 Å². The molecule has 0 aliphatic rings. The smallest absolute Gasteiger partial charge is 0.243 e. The fraction of sp³-hybridized carbons (Fsp3) is 0.136. The van der Waals surface area contributed by atoms with Crippen molar-refractivity contribution in [2.45, 2.75) is 13.5 Å². The first-order chi connectivity index (χ1) is 13.1. The zero-order valence-corrected chi connectivity index (χ0v) is 15.8. The number of halogens is 1. The first-order valence-electron chi connectivity index (χ1n) is 8.67. The molecule has 1 amide bonds. The van der Waals surface area contributed by atoms with Crippen molar-refractivity contribution >= 4 is 28.9 Å². The van der Waals surface area contributed by atoms with Crippen LogP contribution in [0.1, 0.15) is 11.1 Å². The van der Waals surface area contributed by atoms with Crippen molar-refractivity contribution in [3.63, 3.8) is 0 Å². The van der Waals surface area contributed by atoms with Gasteiger partial charge in [-0.25, -0.2) is 0 Å². The van der Waals surface area contributed by atoms with Crippen LogP contribution in [0.3, 0.4) is 0 Å². The van der Waals surface area contributed by atoms with Crippen LogP contribution in [-0.4, -0.2) is 12.5 Å².